The minimum Gasteiger partial charge on any atom is -0.486 e. The normalized spacial score (nSPS) is 13.7. The summed E-state index contributed by atoms with van der Waals surface area (Å²) in [7, 11) is 0. The van der Waals surface area contributed by atoms with Crippen LogP contribution in [0, 0.1) is 0 Å². The Hall–Kier alpha value is -1.38. The number of fused-ring (bicyclic) bond motifs is 1. The molecule has 1 heterocycles. The molecular formula is C12H17NO2. The van der Waals surface area contributed by atoms with Gasteiger partial charge in [0.15, 0.2) is 11.5 Å². The van der Waals surface area contributed by atoms with E-state index in [9.17, 15) is 0 Å². The predicted molar refractivity (Wildman–Crippen MR) is 61.0 cm³/mol. The summed E-state index contributed by atoms with van der Waals surface area (Å²) in [6.07, 6.45) is 0. The number of nitrogens with zero attached hydrogens (tertiary/aromatic N) is 1. The highest BCUT2D eigenvalue weighted by Gasteiger charge is 2.13. The van der Waals surface area contributed by atoms with Crippen LogP contribution in [0.3, 0.4) is 0 Å². The van der Waals surface area contributed by atoms with Crippen molar-refractivity contribution in [2.45, 2.75) is 13.8 Å². The first kappa shape index (κ1) is 10.1. The molecule has 0 aliphatic carbocycles. The van der Waals surface area contributed by atoms with Crippen LogP contribution in [0.4, 0.5) is 5.69 Å². The molecule has 0 amide bonds. The van der Waals surface area contributed by atoms with Gasteiger partial charge in [-0.1, -0.05) is 0 Å². The number of benzene rings is 1. The Morgan fingerprint density at radius 1 is 1.07 bits per heavy atom. The van der Waals surface area contributed by atoms with E-state index in [2.05, 4.69) is 30.9 Å². The Kier molecular flexibility index (Phi) is 2.99. The van der Waals surface area contributed by atoms with E-state index >= 15 is 0 Å². The average Bonchev–Trinajstić information content (AvgIpc) is 2.30. The summed E-state index contributed by atoms with van der Waals surface area (Å²) in [4.78, 5) is 2.29. The van der Waals surface area contributed by atoms with Crippen LogP contribution < -0.4 is 14.4 Å². The standard InChI is InChI=1S/C12H17NO2/c1-3-13(4-2)10-5-6-11-12(9-10)15-8-7-14-11/h5-6,9H,3-4,7-8H2,1-2H3. The van der Waals surface area contributed by atoms with E-state index in [-0.39, 0.29) is 0 Å². The van der Waals surface area contributed by atoms with Crippen LogP contribution in [-0.2, 0) is 0 Å². The van der Waals surface area contributed by atoms with E-state index < -0.39 is 0 Å². The topological polar surface area (TPSA) is 21.7 Å². The number of rotatable bonds is 3. The maximum absolute atomic E-state index is 5.55. The third kappa shape index (κ3) is 2.01. The van der Waals surface area contributed by atoms with Gasteiger partial charge in [-0.2, -0.15) is 0 Å². The lowest BCUT2D eigenvalue weighted by Crippen LogP contribution is -2.22. The zero-order valence-corrected chi connectivity index (χ0v) is 9.32. The third-order valence-corrected chi connectivity index (χ3v) is 2.65. The number of ether oxygens (including phenoxy) is 2. The highest BCUT2D eigenvalue weighted by Crippen LogP contribution is 2.33. The zero-order chi connectivity index (χ0) is 10.7. The molecule has 15 heavy (non-hydrogen) atoms. The van der Waals surface area contributed by atoms with Crippen LogP contribution in [-0.4, -0.2) is 26.3 Å². The van der Waals surface area contributed by atoms with Crippen LogP contribution in [0.15, 0.2) is 18.2 Å². The van der Waals surface area contributed by atoms with E-state index in [1.54, 1.807) is 0 Å². The fourth-order valence-corrected chi connectivity index (χ4v) is 1.82. The molecule has 1 aromatic carbocycles. The monoisotopic (exact) mass is 207 g/mol. The first-order valence-electron chi connectivity index (χ1n) is 5.49. The Labute approximate surface area is 90.6 Å². The molecule has 1 aliphatic rings. The van der Waals surface area contributed by atoms with Crippen LogP contribution in [0.2, 0.25) is 0 Å². The van der Waals surface area contributed by atoms with Gasteiger partial charge in [-0.3, -0.25) is 0 Å². The fourth-order valence-electron chi connectivity index (χ4n) is 1.82. The van der Waals surface area contributed by atoms with Gasteiger partial charge in [-0.05, 0) is 26.0 Å². The van der Waals surface area contributed by atoms with Gasteiger partial charge < -0.3 is 14.4 Å². The molecule has 0 N–H and O–H groups in total. The lowest BCUT2D eigenvalue weighted by Gasteiger charge is -2.24. The lowest BCUT2D eigenvalue weighted by molar-refractivity contribution is 0.171. The molecule has 0 unspecified atom stereocenters. The smallest absolute Gasteiger partial charge is 0.163 e. The summed E-state index contributed by atoms with van der Waals surface area (Å²) in [6, 6.07) is 6.13. The average molecular weight is 207 g/mol. The van der Waals surface area contributed by atoms with Gasteiger partial charge in [-0.15, -0.1) is 0 Å². The Morgan fingerprint density at radius 3 is 2.40 bits per heavy atom. The van der Waals surface area contributed by atoms with Crippen molar-refractivity contribution in [2.24, 2.45) is 0 Å². The molecule has 0 saturated carbocycles. The van der Waals surface area contributed by atoms with Gasteiger partial charge in [0.05, 0.1) is 0 Å². The minimum atomic E-state index is 0.648. The summed E-state index contributed by atoms with van der Waals surface area (Å²) < 4.78 is 11.0. The molecule has 82 valence electrons. The molecule has 0 radical (unpaired) electrons. The predicted octanol–water partition coefficient (Wildman–Crippen LogP) is 2.30. The largest absolute Gasteiger partial charge is 0.486 e. The molecule has 3 nitrogen and oxygen atoms in total. The van der Waals surface area contributed by atoms with Crippen LogP contribution in [0.1, 0.15) is 13.8 Å². The van der Waals surface area contributed by atoms with Crippen LogP contribution in [0.5, 0.6) is 11.5 Å². The second-order valence-electron chi connectivity index (χ2n) is 3.50. The molecule has 3 heteroatoms. The molecule has 0 bridgehead atoms. The van der Waals surface area contributed by atoms with Gasteiger partial charge in [0.2, 0.25) is 0 Å². The van der Waals surface area contributed by atoms with Crippen molar-refractivity contribution < 1.29 is 9.47 Å². The quantitative estimate of drug-likeness (QED) is 0.759. The van der Waals surface area contributed by atoms with Crippen molar-refractivity contribution in [2.75, 3.05) is 31.2 Å². The number of anilines is 1. The van der Waals surface area contributed by atoms with Gasteiger partial charge in [0.1, 0.15) is 13.2 Å². The summed E-state index contributed by atoms with van der Waals surface area (Å²) in [5, 5.41) is 0. The minimum absolute atomic E-state index is 0.648. The molecule has 0 saturated heterocycles. The molecule has 0 atom stereocenters. The van der Waals surface area contributed by atoms with Crippen molar-refractivity contribution >= 4 is 5.69 Å². The first-order chi connectivity index (χ1) is 7.35. The Balaban J connectivity index is 2.27. The SMILES string of the molecule is CCN(CC)c1ccc2c(c1)OCCO2. The maximum atomic E-state index is 5.55. The van der Waals surface area contributed by atoms with Gasteiger partial charge in [0, 0.05) is 24.8 Å². The van der Waals surface area contributed by atoms with Crippen molar-refractivity contribution in [3.05, 3.63) is 18.2 Å². The second-order valence-corrected chi connectivity index (χ2v) is 3.50. The molecular weight excluding hydrogens is 190 g/mol. The summed E-state index contributed by atoms with van der Waals surface area (Å²) in [5.41, 5.74) is 1.20. The summed E-state index contributed by atoms with van der Waals surface area (Å²) in [5.74, 6) is 1.72. The Morgan fingerprint density at radius 2 is 1.73 bits per heavy atom. The van der Waals surface area contributed by atoms with Crippen molar-refractivity contribution in [1.29, 1.82) is 0 Å². The van der Waals surface area contributed by atoms with Crippen molar-refractivity contribution in [3.63, 3.8) is 0 Å². The summed E-state index contributed by atoms with van der Waals surface area (Å²) in [6.45, 7) is 7.62. The molecule has 0 fully saturated rings. The van der Waals surface area contributed by atoms with Crippen LogP contribution in [0.25, 0.3) is 0 Å². The van der Waals surface area contributed by atoms with E-state index in [0.717, 1.165) is 24.6 Å². The van der Waals surface area contributed by atoms with Gasteiger partial charge in [0.25, 0.3) is 0 Å². The van der Waals surface area contributed by atoms with E-state index in [1.165, 1.54) is 5.69 Å². The maximum Gasteiger partial charge on any atom is 0.163 e. The molecule has 2 rings (SSSR count). The second kappa shape index (κ2) is 4.43. The highest BCUT2D eigenvalue weighted by atomic mass is 16.6. The van der Waals surface area contributed by atoms with Crippen LogP contribution >= 0.6 is 0 Å². The van der Waals surface area contributed by atoms with Gasteiger partial charge in [-0.25, -0.2) is 0 Å². The third-order valence-electron chi connectivity index (χ3n) is 2.65. The van der Waals surface area contributed by atoms with Crippen molar-refractivity contribution in [1.82, 2.24) is 0 Å². The number of hydrogen-bond donors (Lipinski definition) is 0. The molecule has 1 aromatic rings. The Bertz CT molecular complexity index is 334. The summed E-state index contributed by atoms with van der Waals surface area (Å²) >= 11 is 0. The van der Waals surface area contributed by atoms with E-state index in [1.807, 2.05) is 6.07 Å². The van der Waals surface area contributed by atoms with Gasteiger partial charge >= 0.3 is 0 Å². The first-order valence-corrected chi connectivity index (χ1v) is 5.49. The molecule has 1 aliphatic heterocycles. The highest BCUT2D eigenvalue weighted by molar-refractivity contribution is 5.56. The molecule has 0 aromatic heterocycles. The fraction of sp³-hybridized carbons (Fsp3) is 0.500. The zero-order valence-electron chi connectivity index (χ0n) is 9.32. The molecule has 0 spiro atoms. The van der Waals surface area contributed by atoms with E-state index in [4.69, 9.17) is 9.47 Å². The lowest BCUT2D eigenvalue weighted by atomic mass is 10.2. The van der Waals surface area contributed by atoms with E-state index in [0.29, 0.717) is 13.2 Å². The number of hydrogen-bond acceptors (Lipinski definition) is 3. The van der Waals surface area contributed by atoms with Crippen molar-refractivity contribution in [3.8, 4) is 11.5 Å².